The number of rotatable bonds is 7. The van der Waals surface area contributed by atoms with Gasteiger partial charge in [-0.3, -0.25) is 4.79 Å². The van der Waals surface area contributed by atoms with Crippen LogP contribution in [0, 0.1) is 11.8 Å². The van der Waals surface area contributed by atoms with Crippen LogP contribution in [0.4, 0.5) is 8.78 Å². The van der Waals surface area contributed by atoms with E-state index in [1.165, 1.54) is 18.9 Å². The molecule has 204 valence electrons. The van der Waals surface area contributed by atoms with Crippen molar-refractivity contribution in [2.75, 3.05) is 13.1 Å². The summed E-state index contributed by atoms with van der Waals surface area (Å²) < 4.78 is 26.5. The summed E-state index contributed by atoms with van der Waals surface area (Å²) in [5.74, 6) is 1.56. The molecule has 1 aliphatic carbocycles. The molecule has 0 bridgehead atoms. The summed E-state index contributed by atoms with van der Waals surface area (Å²) in [5, 5.41) is 3.73. The molecule has 39 heavy (non-hydrogen) atoms. The van der Waals surface area contributed by atoms with E-state index in [2.05, 4.69) is 32.2 Å². The quantitative estimate of drug-likeness (QED) is 0.491. The van der Waals surface area contributed by atoms with E-state index >= 15 is 0 Å². The number of amides is 1. The Kier molecular flexibility index (Phi) is 6.87. The molecule has 0 spiro atoms. The van der Waals surface area contributed by atoms with Gasteiger partial charge in [-0.15, -0.1) is 0 Å². The monoisotopic (exact) mass is 531 g/mol. The lowest BCUT2D eigenvalue weighted by molar-refractivity contribution is -0.133. The number of likely N-dealkylation sites (tertiary alicyclic amines) is 1. The summed E-state index contributed by atoms with van der Waals surface area (Å²) in [6.45, 7) is 3.60. The molecule has 0 aromatic heterocycles. The van der Waals surface area contributed by atoms with Crippen LogP contribution < -0.4 is 11.1 Å². The van der Waals surface area contributed by atoms with Gasteiger partial charge >= 0.3 is 0 Å². The third kappa shape index (κ3) is 5.16. The molecule has 8 heteroatoms. The van der Waals surface area contributed by atoms with E-state index in [0.29, 0.717) is 18.2 Å². The van der Waals surface area contributed by atoms with E-state index in [-0.39, 0.29) is 29.5 Å². The number of piperidine rings is 1. The molecule has 6 nitrogen and oxygen atoms in total. The van der Waals surface area contributed by atoms with E-state index in [1.54, 1.807) is 18.3 Å². The molecule has 2 aromatic carbocycles. The fraction of sp³-hybridized carbons (Fsp3) is 0.419. The summed E-state index contributed by atoms with van der Waals surface area (Å²) in [6.07, 6.45) is 6.25. The number of aliphatic imine (C=N–C) groups is 1. The van der Waals surface area contributed by atoms with Crippen molar-refractivity contribution >= 4 is 17.4 Å². The Bertz CT molecular complexity index is 1330. The highest BCUT2D eigenvalue weighted by Gasteiger charge is 2.41. The summed E-state index contributed by atoms with van der Waals surface area (Å²) in [5.41, 5.74) is 11.1. The Hall–Kier alpha value is -3.68. The first-order chi connectivity index (χ1) is 18.9. The smallest absolute Gasteiger partial charge is 0.263 e. The van der Waals surface area contributed by atoms with Gasteiger partial charge in [0.1, 0.15) is 17.7 Å². The topological polar surface area (TPSA) is 74.0 Å². The second kappa shape index (κ2) is 10.5. The SMILES string of the molecule is C[C@@H](c1ccc(C2=C3C(N)=NC=CN3C(C3CCCN(C(=O)CC4CC4)C3)N2)cc1)c1cccc(C(F)F)c1. The third-order valence-electron chi connectivity index (χ3n) is 8.55. The van der Waals surface area contributed by atoms with Gasteiger partial charge in [0.15, 0.2) is 0 Å². The van der Waals surface area contributed by atoms with Crippen LogP contribution in [0.2, 0.25) is 0 Å². The first-order valence-electron chi connectivity index (χ1n) is 13.9. The van der Waals surface area contributed by atoms with Crippen molar-refractivity contribution in [2.45, 2.75) is 57.5 Å². The van der Waals surface area contributed by atoms with Crippen molar-refractivity contribution < 1.29 is 13.6 Å². The molecule has 4 aliphatic rings. The highest BCUT2D eigenvalue weighted by molar-refractivity contribution is 6.05. The molecule has 1 amide bonds. The molecule has 2 unspecified atom stereocenters. The number of carbonyl (C=O) groups is 1. The number of hydrogen-bond donors (Lipinski definition) is 2. The molecule has 0 radical (unpaired) electrons. The van der Waals surface area contributed by atoms with Crippen LogP contribution in [0.3, 0.4) is 0 Å². The Labute approximate surface area is 228 Å². The highest BCUT2D eigenvalue weighted by atomic mass is 19.3. The molecular formula is C31H35F2N5O. The maximum atomic E-state index is 13.2. The van der Waals surface area contributed by atoms with E-state index in [4.69, 9.17) is 5.73 Å². The van der Waals surface area contributed by atoms with Crippen LogP contribution in [0.15, 0.2) is 71.6 Å². The van der Waals surface area contributed by atoms with E-state index in [0.717, 1.165) is 54.0 Å². The summed E-state index contributed by atoms with van der Waals surface area (Å²) in [4.78, 5) is 21.5. The number of amidine groups is 1. The minimum Gasteiger partial charge on any atom is -0.382 e. The molecule has 6 rings (SSSR count). The van der Waals surface area contributed by atoms with Crippen molar-refractivity contribution in [2.24, 2.45) is 22.6 Å². The average molecular weight is 532 g/mol. The van der Waals surface area contributed by atoms with Gasteiger partial charge in [0.05, 0.1) is 5.70 Å². The second-order valence-electron chi connectivity index (χ2n) is 11.2. The van der Waals surface area contributed by atoms with Gasteiger partial charge in [-0.1, -0.05) is 49.4 Å². The zero-order valence-corrected chi connectivity index (χ0v) is 22.2. The first kappa shape index (κ1) is 25.6. The van der Waals surface area contributed by atoms with Gasteiger partial charge in [-0.25, -0.2) is 13.8 Å². The van der Waals surface area contributed by atoms with Crippen LogP contribution in [-0.2, 0) is 4.79 Å². The Morgan fingerprint density at radius 2 is 1.87 bits per heavy atom. The fourth-order valence-electron chi connectivity index (χ4n) is 6.08. The zero-order chi connectivity index (χ0) is 27.1. The number of nitrogens with two attached hydrogens (primary N) is 1. The van der Waals surface area contributed by atoms with E-state index < -0.39 is 6.43 Å². The number of carbonyl (C=O) groups excluding carboxylic acids is 1. The number of hydrogen-bond acceptors (Lipinski definition) is 5. The normalized spacial score (nSPS) is 23.5. The van der Waals surface area contributed by atoms with Gasteiger partial charge in [-0.2, -0.15) is 0 Å². The Balaban J connectivity index is 1.22. The van der Waals surface area contributed by atoms with Crippen molar-refractivity contribution in [1.29, 1.82) is 0 Å². The lowest BCUT2D eigenvalue weighted by Crippen LogP contribution is -2.50. The van der Waals surface area contributed by atoms with Crippen LogP contribution >= 0.6 is 0 Å². The maximum Gasteiger partial charge on any atom is 0.263 e. The molecule has 3 N–H and O–H groups in total. The number of halogens is 2. The number of benzene rings is 2. The predicted octanol–water partition coefficient (Wildman–Crippen LogP) is 5.56. The van der Waals surface area contributed by atoms with Gasteiger partial charge in [0.25, 0.3) is 6.43 Å². The minimum atomic E-state index is -2.48. The second-order valence-corrected chi connectivity index (χ2v) is 11.2. The van der Waals surface area contributed by atoms with Crippen LogP contribution in [-0.4, -0.2) is 40.8 Å². The molecule has 3 heterocycles. The van der Waals surface area contributed by atoms with Crippen LogP contribution in [0.1, 0.15) is 73.6 Å². The highest BCUT2D eigenvalue weighted by Crippen LogP contribution is 2.37. The summed E-state index contributed by atoms with van der Waals surface area (Å²) in [6, 6.07) is 14.8. The van der Waals surface area contributed by atoms with Crippen molar-refractivity contribution in [3.8, 4) is 0 Å². The van der Waals surface area contributed by atoms with Crippen LogP contribution in [0.5, 0.6) is 0 Å². The zero-order valence-electron chi connectivity index (χ0n) is 22.2. The molecule has 1 saturated carbocycles. The predicted molar refractivity (Wildman–Crippen MR) is 148 cm³/mol. The molecule has 1 saturated heterocycles. The van der Waals surface area contributed by atoms with Gasteiger partial charge < -0.3 is 20.9 Å². The lowest BCUT2D eigenvalue weighted by atomic mass is 9.91. The molecule has 3 atom stereocenters. The Morgan fingerprint density at radius 1 is 1.10 bits per heavy atom. The van der Waals surface area contributed by atoms with Crippen molar-refractivity contribution in [3.63, 3.8) is 0 Å². The standard InChI is InChI=1S/C31H35F2N5O/c1-19(23-4-2-5-24(17-23)29(32)33)21-9-11-22(12-10-21)27-28-30(34)35-13-15-38(28)31(36-27)25-6-3-14-37(18-25)26(39)16-20-7-8-20/h2,4-5,9-13,15,17,19-20,25,29,31,36H,3,6-8,14,16,18H2,1H3,(H2,34,35)/t19-,25?,31?/m0/s1. The average Bonchev–Trinajstić information content (AvgIpc) is 3.69. The molecule has 2 aromatic rings. The number of fused-ring (bicyclic) bond motifs is 1. The maximum absolute atomic E-state index is 13.2. The van der Waals surface area contributed by atoms with Crippen molar-refractivity contribution in [1.82, 2.24) is 15.1 Å². The van der Waals surface area contributed by atoms with Gasteiger partial charge in [0, 0.05) is 49.3 Å². The van der Waals surface area contributed by atoms with Gasteiger partial charge in [0.2, 0.25) is 5.91 Å². The molecule has 3 aliphatic heterocycles. The van der Waals surface area contributed by atoms with E-state index in [1.807, 2.05) is 31.3 Å². The number of alkyl halides is 2. The lowest BCUT2D eigenvalue weighted by Gasteiger charge is -2.39. The summed E-state index contributed by atoms with van der Waals surface area (Å²) >= 11 is 0. The molecule has 2 fully saturated rings. The number of nitrogens with one attached hydrogen (secondary N) is 1. The third-order valence-corrected chi connectivity index (χ3v) is 8.55. The summed E-state index contributed by atoms with van der Waals surface area (Å²) in [7, 11) is 0. The van der Waals surface area contributed by atoms with Crippen LogP contribution in [0.25, 0.3) is 5.70 Å². The van der Waals surface area contributed by atoms with E-state index in [9.17, 15) is 13.6 Å². The Morgan fingerprint density at radius 3 is 2.62 bits per heavy atom. The van der Waals surface area contributed by atoms with Crippen molar-refractivity contribution in [3.05, 3.63) is 88.9 Å². The fourth-order valence-corrected chi connectivity index (χ4v) is 6.08. The first-order valence-corrected chi connectivity index (χ1v) is 13.9. The largest absolute Gasteiger partial charge is 0.382 e. The number of nitrogens with zero attached hydrogens (tertiary/aromatic N) is 3. The minimum absolute atomic E-state index is 0.0208. The van der Waals surface area contributed by atoms with Gasteiger partial charge in [-0.05, 0) is 54.4 Å². The molecular weight excluding hydrogens is 496 g/mol.